The van der Waals surface area contributed by atoms with Gasteiger partial charge in [0.2, 0.25) is 5.91 Å². The highest BCUT2D eigenvalue weighted by Gasteiger charge is 2.15. The minimum absolute atomic E-state index is 0.0909. The SMILES string of the molecule is Cc1ccnc(Nc2cc(Nc3ccc(NC(=O)CCC4CCCCC4)cc3)nc(C)n2)c1. The predicted molar refractivity (Wildman–Crippen MR) is 133 cm³/mol. The maximum absolute atomic E-state index is 12.3. The predicted octanol–water partition coefficient (Wildman–Crippen LogP) is 6.27. The molecule has 0 atom stereocenters. The van der Waals surface area contributed by atoms with Gasteiger partial charge in [0.15, 0.2) is 0 Å². The Morgan fingerprint density at radius 2 is 1.58 bits per heavy atom. The number of carbonyl (C=O) groups is 1. The number of anilines is 5. The second-order valence-electron chi connectivity index (χ2n) is 8.82. The molecule has 0 spiro atoms. The summed E-state index contributed by atoms with van der Waals surface area (Å²) in [6.45, 7) is 3.87. The zero-order valence-corrected chi connectivity index (χ0v) is 19.4. The van der Waals surface area contributed by atoms with Gasteiger partial charge in [0.25, 0.3) is 0 Å². The van der Waals surface area contributed by atoms with E-state index in [1.165, 1.54) is 32.1 Å². The van der Waals surface area contributed by atoms with Gasteiger partial charge in [-0.2, -0.15) is 0 Å². The quantitative estimate of drug-likeness (QED) is 0.379. The number of hydrogen-bond acceptors (Lipinski definition) is 6. The van der Waals surface area contributed by atoms with Crippen LogP contribution in [0, 0.1) is 19.8 Å². The van der Waals surface area contributed by atoms with E-state index in [1.807, 2.05) is 56.3 Å². The van der Waals surface area contributed by atoms with Gasteiger partial charge in [0, 0.05) is 30.1 Å². The summed E-state index contributed by atoms with van der Waals surface area (Å²) in [7, 11) is 0. The Kier molecular flexibility index (Phi) is 7.50. The molecule has 1 aliphatic rings. The summed E-state index contributed by atoms with van der Waals surface area (Å²) in [6.07, 6.45) is 9.87. The van der Waals surface area contributed by atoms with Crippen molar-refractivity contribution in [1.82, 2.24) is 15.0 Å². The molecule has 1 fully saturated rings. The maximum Gasteiger partial charge on any atom is 0.224 e. The molecule has 0 radical (unpaired) electrons. The Balaban J connectivity index is 1.32. The molecule has 3 N–H and O–H groups in total. The van der Waals surface area contributed by atoms with Crippen LogP contribution >= 0.6 is 0 Å². The topological polar surface area (TPSA) is 91.8 Å². The average molecular weight is 445 g/mol. The van der Waals surface area contributed by atoms with Crippen molar-refractivity contribution >= 4 is 34.7 Å². The fourth-order valence-corrected chi connectivity index (χ4v) is 4.25. The van der Waals surface area contributed by atoms with Crippen LogP contribution in [0.5, 0.6) is 0 Å². The van der Waals surface area contributed by atoms with Crippen LogP contribution in [0.4, 0.5) is 28.8 Å². The first-order chi connectivity index (χ1) is 16.0. The Labute approximate surface area is 195 Å². The van der Waals surface area contributed by atoms with Crippen LogP contribution in [0.25, 0.3) is 0 Å². The van der Waals surface area contributed by atoms with Gasteiger partial charge in [-0.3, -0.25) is 4.79 Å². The molecule has 33 heavy (non-hydrogen) atoms. The number of pyridine rings is 1. The highest BCUT2D eigenvalue weighted by atomic mass is 16.1. The molecule has 0 aliphatic heterocycles. The summed E-state index contributed by atoms with van der Waals surface area (Å²) >= 11 is 0. The summed E-state index contributed by atoms with van der Waals surface area (Å²) in [5.41, 5.74) is 2.81. The van der Waals surface area contributed by atoms with Crippen molar-refractivity contribution in [2.24, 2.45) is 5.92 Å². The zero-order valence-electron chi connectivity index (χ0n) is 19.4. The minimum Gasteiger partial charge on any atom is -0.340 e. The van der Waals surface area contributed by atoms with E-state index >= 15 is 0 Å². The van der Waals surface area contributed by atoms with Crippen LogP contribution in [0.1, 0.15) is 56.3 Å². The fourth-order valence-electron chi connectivity index (χ4n) is 4.25. The Bertz CT molecular complexity index is 1080. The molecule has 0 unspecified atom stereocenters. The summed E-state index contributed by atoms with van der Waals surface area (Å²) in [5, 5.41) is 9.55. The standard InChI is InChI=1S/C26H32N6O/c1-18-14-15-27-23(16-18)32-25-17-24(28-19(2)29-25)30-21-9-11-22(12-10-21)31-26(33)13-8-20-6-4-3-5-7-20/h9-12,14-17,20H,3-8,13H2,1-2H3,(H,31,33)(H2,27,28,29,30,32). The molecule has 1 saturated carbocycles. The van der Waals surface area contributed by atoms with E-state index in [4.69, 9.17) is 0 Å². The number of amides is 1. The molecule has 1 aliphatic carbocycles. The average Bonchev–Trinajstić information content (AvgIpc) is 2.79. The molecule has 3 aromatic rings. The zero-order chi connectivity index (χ0) is 23.0. The van der Waals surface area contributed by atoms with Gasteiger partial charge in [-0.05, 0) is 68.1 Å². The fraction of sp³-hybridized carbons (Fsp3) is 0.385. The van der Waals surface area contributed by atoms with Crippen molar-refractivity contribution in [1.29, 1.82) is 0 Å². The van der Waals surface area contributed by atoms with Crippen molar-refractivity contribution in [3.8, 4) is 0 Å². The van der Waals surface area contributed by atoms with Crippen LogP contribution in [0.3, 0.4) is 0 Å². The van der Waals surface area contributed by atoms with Crippen molar-refractivity contribution in [2.75, 3.05) is 16.0 Å². The summed E-state index contributed by atoms with van der Waals surface area (Å²) in [4.78, 5) is 25.6. The van der Waals surface area contributed by atoms with Crippen molar-refractivity contribution < 1.29 is 4.79 Å². The minimum atomic E-state index is 0.0909. The van der Waals surface area contributed by atoms with Gasteiger partial charge in [-0.25, -0.2) is 15.0 Å². The third-order valence-corrected chi connectivity index (χ3v) is 5.95. The number of hydrogen-bond donors (Lipinski definition) is 3. The second kappa shape index (κ2) is 10.9. The van der Waals surface area contributed by atoms with Gasteiger partial charge in [-0.15, -0.1) is 0 Å². The third-order valence-electron chi connectivity index (χ3n) is 5.95. The molecular weight excluding hydrogens is 412 g/mol. The molecule has 4 rings (SSSR count). The van der Waals surface area contributed by atoms with Gasteiger partial charge in [-0.1, -0.05) is 32.1 Å². The number of aryl methyl sites for hydroxylation is 2. The molecule has 2 heterocycles. The molecule has 172 valence electrons. The largest absolute Gasteiger partial charge is 0.340 e. The van der Waals surface area contributed by atoms with Gasteiger partial charge < -0.3 is 16.0 Å². The lowest BCUT2D eigenvalue weighted by Crippen LogP contribution is -2.14. The first-order valence-corrected chi connectivity index (χ1v) is 11.8. The summed E-state index contributed by atoms with van der Waals surface area (Å²) in [6, 6.07) is 13.4. The van der Waals surface area contributed by atoms with Crippen LogP contribution < -0.4 is 16.0 Å². The van der Waals surface area contributed by atoms with Crippen LogP contribution in [0.2, 0.25) is 0 Å². The lowest BCUT2D eigenvalue weighted by molar-refractivity contribution is -0.116. The van der Waals surface area contributed by atoms with Gasteiger partial charge >= 0.3 is 0 Å². The van der Waals surface area contributed by atoms with Crippen LogP contribution in [-0.4, -0.2) is 20.9 Å². The summed E-state index contributed by atoms with van der Waals surface area (Å²) < 4.78 is 0. The lowest BCUT2D eigenvalue weighted by Gasteiger charge is -2.21. The molecule has 0 saturated heterocycles. The van der Waals surface area contributed by atoms with E-state index in [9.17, 15) is 4.79 Å². The molecule has 7 heteroatoms. The maximum atomic E-state index is 12.3. The van der Waals surface area contributed by atoms with E-state index in [1.54, 1.807) is 6.20 Å². The van der Waals surface area contributed by atoms with Gasteiger partial charge in [0.05, 0.1) is 0 Å². The number of aromatic nitrogens is 3. The smallest absolute Gasteiger partial charge is 0.224 e. The Morgan fingerprint density at radius 1 is 0.879 bits per heavy atom. The third kappa shape index (κ3) is 7.00. The number of nitrogens with zero attached hydrogens (tertiary/aromatic N) is 3. The molecular formula is C26H32N6O. The van der Waals surface area contributed by atoms with Gasteiger partial charge in [0.1, 0.15) is 23.3 Å². The van der Waals surface area contributed by atoms with Crippen LogP contribution in [0.15, 0.2) is 48.7 Å². The molecule has 1 amide bonds. The monoisotopic (exact) mass is 444 g/mol. The molecule has 0 bridgehead atoms. The first kappa shape index (κ1) is 22.7. The number of nitrogens with one attached hydrogen (secondary N) is 3. The Morgan fingerprint density at radius 3 is 2.30 bits per heavy atom. The highest BCUT2D eigenvalue weighted by molar-refractivity contribution is 5.90. The number of rotatable bonds is 8. The van der Waals surface area contributed by atoms with Crippen molar-refractivity contribution in [3.63, 3.8) is 0 Å². The van der Waals surface area contributed by atoms with E-state index in [0.717, 1.165) is 29.2 Å². The first-order valence-electron chi connectivity index (χ1n) is 11.8. The van der Waals surface area contributed by atoms with Crippen LogP contribution in [-0.2, 0) is 4.79 Å². The molecule has 2 aromatic heterocycles. The Hall–Kier alpha value is -3.48. The number of carbonyl (C=O) groups excluding carboxylic acids is 1. The van der Waals surface area contributed by atoms with E-state index < -0.39 is 0 Å². The summed E-state index contributed by atoms with van der Waals surface area (Å²) in [5.74, 6) is 3.55. The van der Waals surface area contributed by atoms with E-state index in [2.05, 4.69) is 30.9 Å². The van der Waals surface area contributed by atoms with Crippen molar-refractivity contribution in [2.45, 2.75) is 58.8 Å². The second-order valence-corrected chi connectivity index (χ2v) is 8.82. The molecule has 7 nitrogen and oxygen atoms in total. The normalized spacial score (nSPS) is 14.0. The van der Waals surface area contributed by atoms with E-state index in [0.29, 0.717) is 29.8 Å². The lowest BCUT2D eigenvalue weighted by atomic mass is 9.86. The molecule has 1 aromatic carbocycles. The van der Waals surface area contributed by atoms with E-state index in [-0.39, 0.29) is 5.91 Å². The highest BCUT2D eigenvalue weighted by Crippen LogP contribution is 2.27. The number of benzene rings is 1. The van der Waals surface area contributed by atoms with Crippen molar-refractivity contribution in [3.05, 3.63) is 60.0 Å².